The van der Waals surface area contributed by atoms with Crippen molar-refractivity contribution in [2.24, 2.45) is 5.10 Å². The van der Waals surface area contributed by atoms with Gasteiger partial charge in [0.1, 0.15) is 12.6 Å². The number of nitrogens with one attached hydrogen (secondary N) is 1. The van der Waals surface area contributed by atoms with Crippen LogP contribution in [0.4, 0.5) is 0 Å². The number of hydrazone groups is 1. The molecule has 0 saturated carbocycles. The van der Waals surface area contributed by atoms with E-state index in [0.29, 0.717) is 23.7 Å². The molecule has 1 heterocycles. The number of methoxy groups -OCH3 is 1. The van der Waals surface area contributed by atoms with E-state index in [4.69, 9.17) is 9.47 Å². The van der Waals surface area contributed by atoms with E-state index in [9.17, 15) is 21.6 Å². The Hall–Kier alpha value is -4.56. The molecule has 1 aliphatic heterocycles. The second-order valence-corrected chi connectivity index (χ2v) is 13.9. The topological polar surface area (TPSA) is 135 Å². The van der Waals surface area contributed by atoms with E-state index in [1.54, 1.807) is 54.6 Å². The maximum atomic E-state index is 13.6. The lowest BCUT2D eigenvalue weighted by molar-refractivity contribution is -0.125. The summed E-state index contributed by atoms with van der Waals surface area (Å²) >= 11 is 0. The summed E-state index contributed by atoms with van der Waals surface area (Å²) in [7, 11) is -6.62. The Kier molecular flexibility index (Phi) is 9.93. The fourth-order valence-electron chi connectivity index (χ4n) is 4.79. The summed E-state index contributed by atoms with van der Waals surface area (Å²) in [5.74, 6) is 0.190. The molecular formula is C32H32N4O7S2. The molecule has 0 aliphatic carbocycles. The summed E-state index contributed by atoms with van der Waals surface area (Å²) in [5.41, 5.74) is 3.96. The highest BCUT2D eigenvalue weighted by Crippen LogP contribution is 2.29. The summed E-state index contributed by atoms with van der Waals surface area (Å²) in [6, 6.07) is 28.9. The maximum Gasteiger partial charge on any atom is 0.259 e. The third-order valence-electron chi connectivity index (χ3n) is 7.14. The number of amides is 1. The van der Waals surface area contributed by atoms with Crippen LogP contribution in [0.25, 0.3) is 0 Å². The first-order valence-electron chi connectivity index (χ1n) is 14.0. The first-order valence-corrected chi connectivity index (χ1v) is 16.9. The van der Waals surface area contributed by atoms with Gasteiger partial charge in [0.05, 0.1) is 23.1 Å². The Morgan fingerprint density at radius 3 is 2.04 bits per heavy atom. The Labute approximate surface area is 262 Å². The molecule has 1 atom stereocenters. The minimum Gasteiger partial charge on any atom is -0.493 e. The number of sulfonamides is 2. The molecule has 4 aromatic carbocycles. The molecular weight excluding hydrogens is 617 g/mol. The molecule has 4 aromatic rings. The zero-order valence-electron chi connectivity index (χ0n) is 24.4. The second-order valence-electron chi connectivity index (χ2n) is 10.0. The number of carbonyl (C=O) groups excluding carboxylic acids is 1. The lowest BCUT2D eigenvalue weighted by Crippen LogP contribution is -2.60. The molecule has 0 bridgehead atoms. The van der Waals surface area contributed by atoms with Gasteiger partial charge in [-0.3, -0.25) is 4.79 Å². The van der Waals surface area contributed by atoms with Gasteiger partial charge in [-0.25, -0.2) is 22.3 Å². The molecule has 11 nitrogen and oxygen atoms in total. The molecule has 0 radical (unpaired) electrons. The van der Waals surface area contributed by atoms with Gasteiger partial charge in [0, 0.05) is 19.6 Å². The lowest BCUT2D eigenvalue weighted by atomic mass is 10.2. The standard InChI is InChI=1S/C32H32N4O7S2/c1-42-31-21-26(17-18-30(31)43-24-25-11-5-2-6-12-25)22-33-34-32(37)29-23-35(44(38,39)27-13-7-3-8-14-27)19-20-36(29)45(40,41)28-15-9-4-10-16-28/h2-18,21-22,29H,19-20,23-24H2,1H3,(H,34,37)/b33-22-/t29-/m1/s1. The van der Waals surface area contributed by atoms with Crippen LogP contribution in [0, 0.1) is 0 Å². The van der Waals surface area contributed by atoms with Crippen molar-refractivity contribution in [1.82, 2.24) is 14.0 Å². The average Bonchev–Trinajstić information content (AvgIpc) is 3.08. The zero-order chi connectivity index (χ0) is 31.9. The fraction of sp³-hybridized carbons (Fsp3) is 0.188. The number of nitrogens with zero attached hydrogens (tertiary/aromatic N) is 3. The predicted molar refractivity (Wildman–Crippen MR) is 169 cm³/mol. The minimum atomic E-state index is -4.14. The molecule has 1 aliphatic rings. The minimum absolute atomic E-state index is 0.00710. The van der Waals surface area contributed by atoms with Gasteiger partial charge < -0.3 is 9.47 Å². The van der Waals surface area contributed by atoms with Crippen molar-refractivity contribution >= 4 is 32.2 Å². The van der Waals surface area contributed by atoms with Gasteiger partial charge in [0.15, 0.2) is 11.5 Å². The fourth-order valence-corrected chi connectivity index (χ4v) is 7.84. The van der Waals surface area contributed by atoms with Crippen LogP contribution in [0.2, 0.25) is 0 Å². The lowest BCUT2D eigenvalue weighted by Gasteiger charge is -2.38. The first-order chi connectivity index (χ1) is 21.7. The van der Waals surface area contributed by atoms with Crippen molar-refractivity contribution < 1.29 is 31.1 Å². The normalized spacial score (nSPS) is 16.3. The first kappa shape index (κ1) is 31.9. The second kappa shape index (κ2) is 14.0. The van der Waals surface area contributed by atoms with Crippen LogP contribution in [-0.2, 0) is 31.4 Å². The van der Waals surface area contributed by atoms with E-state index in [-0.39, 0.29) is 22.9 Å². The molecule has 1 N–H and O–H groups in total. The van der Waals surface area contributed by atoms with E-state index in [1.165, 1.54) is 37.6 Å². The molecule has 0 aromatic heterocycles. The van der Waals surface area contributed by atoms with E-state index >= 15 is 0 Å². The van der Waals surface area contributed by atoms with E-state index in [1.807, 2.05) is 30.3 Å². The number of carbonyl (C=O) groups is 1. The molecule has 1 fully saturated rings. The highest BCUT2D eigenvalue weighted by atomic mass is 32.2. The van der Waals surface area contributed by atoms with Gasteiger partial charge in [-0.05, 0) is 53.6 Å². The van der Waals surface area contributed by atoms with Crippen LogP contribution >= 0.6 is 0 Å². The number of hydrogen-bond donors (Lipinski definition) is 1. The van der Waals surface area contributed by atoms with Crippen LogP contribution in [0.15, 0.2) is 124 Å². The van der Waals surface area contributed by atoms with E-state index in [2.05, 4.69) is 10.5 Å². The summed E-state index contributed by atoms with van der Waals surface area (Å²) < 4.78 is 67.4. The quantitative estimate of drug-likeness (QED) is 0.194. The Balaban J connectivity index is 1.34. The van der Waals surface area contributed by atoms with Crippen molar-refractivity contribution in [3.05, 3.63) is 120 Å². The van der Waals surface area contributed by atoms with E-state index < -0.39 is 38.5 Å². The van der Waals surface area contributed by atoms with Gasteiger partial charge in [0.25, 0.3) is 5.91 Å². The number of rotatable bonds is 11. The molecule has 45 heavy (non-hydrogen) atoms. The predicted octanol–water partition coefficient (Wildman–Crippen LogP) is 3.49. The highest BCUT2D eigenvalue weighted by Gasteiger charge is 2.43. The number of benzene rings is 4. The molecule has 5 rings (SSSR count). The van der Waals surface area contributed by atoms with Crippen LogP contribution in [0.5, 0.6) is 11.5 Å². The number of hydrogen-bond acceptors (Lipinski definition) is 8. The van der Waals surface area contributed by atoms with Crippen molar-refractivity contribution in [2.75, 3.05) is 26.7 Å². The van der Waals surface area contributed by atoms with Crippen molar-refractivity contribution in [3.63, 3.8) is 0 Å². The highest BCUT2D eigenvalue weighted by molar-refractivity contribution is 7.89. The van der Waals surface area contributed by atoms with Gasteiger partial charge >= 0.3 is 0 Å². The Bertz CT molecular complexity index is 1860. The molecule has 13 heteroatoms. The molecule has 234 valence electrons. The zero-order valence-corrected chi connectivity index (χ0v) is 26.0. The molecule has 0 spiro atoms. The summed E-state index contributed by atoms with van der Waals surface area (Å²) in [6.45, 7) is -0.408. The van der Waals surface area contributed by atoms with Crippen LogP contribution in [0.1, 0.15) is 11.1 Å². The molecule has 1 saturated heterocycles. The van der Waals surface area contributed by atoms with Crippen LogP contribution in [-0.4, -0.2) is 70.4 Å². The van der Waals surface area contributed by atoms with Crippen molar-refractivity contribution in [2.45, 2.75) is 22.4 Å². The number of ether oxygens (including phenoxy) is 2. The average molecular weight is 649 g/mol. The summed E-state index contributed by atoms with van der Waals surface area (Å²) in [6.07, 6.45) is 1.37. The van der Waals surface area contributed by atoms with E-state index in [0.717, 1.165) is 14.2 Å². The third kappa shape index (κ3) is 7.40. The van der Waals surface area contributed by atoms with Crippen molar-refractivity contribution in [3.8, 4) is 11.5 Å². The molecule has 0 unspecified atom stereocenters. The van der Waals surface area contributed by atoms with Crippen LogP contribution < -0.4 is 14.9 Å². The van der Waals surface area contributed by atoms with Crippen LogP contribution in [0.3, 0.4) is 0 Å². The van der Waals surface area contributed by atoms with Crippen molar-refractivity contribution in [1.29, 1.82) is 0 Å². The monoisotopic (exact) mass is 648 g/mol. The number of piperazine rings is 1. The largest absolute Gasteiger partial charge is 0.493 e. The maximum absolute atomic E-state index is 13.6. The van der Waals surface area contributed by atoms with Gasteiger partial charge in [0.2, 0.25) is 20.0 Å². The summed E-state index contributed by atoms with van der Waals surface area (Å²) in [4.78, 5) is 13.5. The van der Waals surface area contributed by atoms with Gasteiger partial charge in [-0.1, -0.05) is 66.7 Å². The van der Waals surface area contributed by atoms with Gasteiger partial charge in [-0.15, -0.1) is 0 Å². The third-order valence-corrected chi connectivity index (χ3v) is 10.9. The SMILES string of the molecule is COc1cc(/C=N\NC(=O)[C@H]2CN(S(=O)(=O)c3ccccc3)CCN2S(=O)(=O)c2ccccc2)ccc1OCc1ccccc1. The van der Waals surface area contributed by atoms with Gasteiger partial charge in [-0.2, -0.15) is 13.7 Å². The summed E-state index contributed by atoms with van der Waals surface area (Å²) in [5, 5.41) is 4.04. The molecule has 1 amide bonds. The smallest absolute Gasteiger partial charge is 0.259 e. The Morgan fingerprint density at radius 2 is 1.42 bits per heavy atom. The Morgan fingerprint density at radius 1 is 0.822 bits per heavy atom.